The molecule has 0 saturated carbocycles. The molecule has 2 heterocycles. The van der Waals surface area contributed by atoms with Crippen LogP contribution in [0, 0.1) is 0 Å². The standard InChI is InChI=1S/C15H8ClNO/c16-12-3-1-2-10-9(12)4-5-14-15(10)11-8-17-7-6-13(11)18-14/h1-8H. The molecule has 0 atom stereocenters. The first-order valence-electron chi connectivity index (χ1n) is 5.68. The van der Waals surface area contributed by atoms with Gasteiger partial charge in [0.1, 0.15) is 11.2 Å². The molecule has 4 rings (SSSR count). The summed E-state index contributed by atoms with van der Waals surface area (Å²) in [6, 6.07) is 11.8. The van der Waals surface area contributed by atoms with E-state index in [0.29, 0.717) is 0 Å². The Hall–Kier alpha value is -2.06. The van der Waals surface area contributed by atoms with Crippen LogP contribution in [0.4, 0.5) is 0 Å². The SMILES string of the molecule is Clc1cccc2c1ccc1oc3ccncc3c12. The van der Waals surface area contributed by atoms with Gasteiger partial charge in [0.2, 0.25) is 0 Å². The van der Waals surface area contributed by atoms with E-state index in [1.54, 1.807) is 6.20 Å². The smallest absolute Gasteiger partial charge is 0.138 e. The highest BCUT2D eigenvalue weighted by Gasteiger charge is 2.11. The Kier molecular flexibility index (Phi) is 1.91. The molecular weight excluding hydrogens is 246 g/mol. The molecule has 0 saturated heterocycles. The summed E-state index contributed by atoms with van der Waals surface area (Å²) >= 11 is 6.23. The summed E-state index contributed by atoms with van der Waals surface area (Å²) in [5.74, 6) is 0. The minimum atomic E-state index is 0.757. The van der Waals surface area contributed by atoms with Crippen molar-refractivity contribution in [3.63, 3.8) is 0 Å². The molecule has 0 fully saturated rings. The van der Waals surface area contributed by atoms with E-state index in [4.69, 9.17) is 16.0 Å². The average Bonchev–Trinajstić information content (AvgIpc) is 2.77. The van der Waals surface area contributed by atoms with Gasteiger partial charge in [0, 0.05) is 33.6 Å². The van der Waals surface area contributed by atoms with Crippen LogP contribution in [0.3, 0.4) is 0 Å². The second kappa shape index (κ2) is 3.47. The van der Waals surface area contributed by atoms with Crippen LogP contribution in [-0.2, 0) is 0 Å². The maximum absolute atomic E-state index is 6.23. The van der Waals surface area contributed by atoms with E-state index in [2.05, 4.69) is 11.1 Å². The van der Waals surface area contributed by atoms with E-state index >= 15 is 0 Å². The molecule has 0 radical (unpaired) electrons. The third kappa shape index (κ3) is 1.21. The molecule has 2 aromatic heterocycles. The number of pyridine rings is 1. The van der Waals surface area contributed by atoms with Gasteiger partial charge >= 0.3 is 0 Å². The van der Waals surface area contributed by atoms with Gasteiger partial charge in [0.25, 0.3) is 0 Å². The van der Waals surface area contributed by atoms with Gasteiger partial charge in [-0.15, -0.1) is 0 Å². The third-order valence-corrected chi connectivity index (χ3v) is 3.57. The first kappa shape index (κ1) is 9.92. The van der Waals surface area contributed by atoms with Crippen LogP contribution in [0.1, 0.15) is 0 Å². The highest BCUT2D eigenvalue weighted by molar-refractivity contribution is 6.37. The summed E-state index contributed by atoms with van der Waals surface area (Å²) in [7, 11) is 0. The minimum Gasteiger partial charge on any atom is -0.456 e. The molecule has 2 nitrogen and oxygen atoms in total. The fourth-order valence-electron chi connectivity index (χ4n) is 2.44. The zero-order valence-electron chi connectivity index (χ0n) is 9.35. The van der Waals surface area contributed by atoms with Crippen molar-refractivity contribution < 1.29 is 4.42 Å². The molecule has 2 aromatic carbocycles. The normalized spacial score (nSPS) is 11.6. The van der Waals surface area contributed by atoms with Gasteiger partial charge in [-0.25, -0.2) is 0 Å². The topological polar surface area (TPSA) is 26.0 Å². The highest BCUT2D eigenvalue weighted by Crippen LogP contribution is 2.36. The number of aromatic nitrogens is 1. The second-order valence-electron chi connectivity index (χ2n) is 4.25. The van der Waals surface area contributed by atoms with Gasteiger partial charge in [0.05, 0.1) is 0 Å². The minimum absolute atomic E-state index is 0.757. The molecule has 0 aliphatic rings. The van der Waals surface area contributed by atoms with Crippen LogP contribution in [-0.4, -0.2) is 4.98 Å². The molecule has 0 N–H and O–H groups in total. The lowest BCUT2D eigenvalue weighted by molar-refractivity contribution is 0.669. The van der Waals surface area contributed by atoms with Crippen molar-refractivity contribution in [1.82, 2.24) is 4.98 Å². The van der Waals surface area contributed by atoms with Crippen molar-refractivity contribution in [3.05, 3.63) is 53.8 Å². The van der Waals surface area contributed by atoms with Gasteiger partial charge in [-0.3, -0.25) is 4.98 Å². The van der Waals surface area contributed by atoms with Gasteiger partial charge in [0.15, 0.2) is 0 Å². The average molecular weight is 254 g/mol. The molecule has 18 heavy (non-hydrogen) atoms. The van der Waals surface area contributed by atoms with Crippen LogP contribution in [0.25, 0.3) is 32.7 Å². The Bertz CT molecular complexity index is 895. The Morgan fingerprint density at radius 2 is 1.83 bits per heavy atom. The molecule has 0 bridgehead atoms. The van der Waals surface area contributed by atoms with Gasteiger partial charge < -0.3 is 4.42 Å². The van der Waals surface area contributed by atoms with E-state index in [9.17, 15) is 0 Å². The van der Waals surface area contributed by atoms with Crippen molar-refractivity contribution in [2.75, 3.05) is 0 Å². The van der Waals surface area contributed by atoms with E-state index in [0.717, 1.165) is 37.7 Å². The first-order chi connectivity index (χ1) is 8.84. The van der Waals surface area contributed by atoms with E-state index in [1.807, 2.05) is 36.5 Å². The van der Waals surface area contributed by atoms with Crippen molar-refractivity contribution in [1.29, 1.82) is 0 Å². The van der Waals surface area contributed by atoms with Crippen molar-refractivity contribution in [3.8, 4) is 0 Å². The molecule has 4 aromatic rings. The van der Waals surface area contributed by atoms with Gasteiger partial charge in [-0.05, 0) is 29.7 Å². The quantitative estimate of drug-likeness (QED) is 0.450. The number of fused-ring (bicyclic) bond motifs is 5. The molecule has 3 heteroatoms. The highest BCUT2D eigenvalue weighted by atomic mass is 35.5. The van der Waals surface area contributed by atoms with Crippen LogP contribution in [0.15, 0.2) is 53.2 Å². The summed E-state index contributed by atoms with van der Waals surface area (Å²) in [6.07, 6.45) is 3.57. The summed E-state index contributed by atoms with van der Waals surface area (Å²) in [4.78, 5) is 4.17. The van der Waals surface area contributed by atoms with E-state index in [1.165, 1.54) is 0 Å². The predicted molar refractivity (Wildman–Crippen MR) is 74.0 cm³/mol. The van der Waals surface area contributed by atoms with Crippen LogP contribution < -0.4 is 0 Å². The van der Waals surface area contributed by atoms with Crippen molar-refractivity contribution in [2.45, 2.75) is 0 Å². The summed E-state index contributed by atoms with van der Waals surface area (Å²) in [5.41, 5.74) is 1.72. The lowest BCUT2D eigenvalue weighted by Gasteiger charge is -2.01. The van der Waals surface area contributed by atoms with Crippen LogP contribution in [0.2, 0.25) is 5.02 Å². The van der Waals surface area contributed by atoms with Gasteiger partial charge in [-0.1, -0.05) is 23.7 Å². The third-order valence-electron chi connectivity index (χ3n) is 3.24. The zero-order valence-corrected chi connectivity index (χ0v) is 10.1. The molecule has 0 aliphatic carbocycles. The number of hydrogen-bond donors (Lipinski definition) is 0. The lowest BCUT2D eigenvalue weighted by Crippen LogP contribution is -1.76. The van der Waals surface area contributed by atoms with Crippen molar-refractivity contribution in [2.24, 2.45) is 0 Å². The number of halogens is 1. The molecule has 0 spiro atoms. The largest absolute Gasteiger partial charge is 0.456 e. The zero-order chi connectivity index (χ0) is 12.1. The van der Waals surface area contributed by atoms with Gasteiger partial charge in [-0.2, -0.15) is 0 Å². The molecule has 0 amide bonds. The summed E-state index contributed by atoms with van der Waals surface area (Å²) in [5, 5.41) is 5.01. The van der Waals surface area contributed by atoms with Crippen molar-refractivity contribution >= 4 is 44.3 Å². The molecule has 0 unspecified atom stereocenters. The number of hydrogen-bond acceptors (Lipinski definition) is 2. The molecule has 0 aliphatic heterocycles. The maximum Gasteiger partial charge on any atom is 0.138 e. The summed E-state index contributed by atoms with van der Waals surface area (Å²) < 4.78 is 5.82. The van der Waals surface area contributed by atoms with Crippen LogP contribution >= 0.6 is 11.6 Å². The number of furan rings is 1. The number of benzene rings is 2. The Morgan fingerprint density at radius 3 is 2.78 bits per heavy atom. The number of rotatable bonds is 0. The Morgan fingerprint density at radius 1 is 0.889 bits per heavy atom. The maximum atomic E-state index is 6.23. The van der Waals surface area contributed by atoms with E-state index < -0.39 is 0 Å². The first-order valence-corrected chi connectivity index (χ1v) is 6.06. The molecular formula is C15H8ClNO. The van der Waals surface area contributed by atoms with E-state index in [-0.39, 0.29) is 0 Å². The lowest BCUT2D eigenvalue weighted by atomic mass is 10.0. The Labute approximate surface area is 108 Å². The predicted octanol–water partition coefficient (Wildman–Crippen LogP) is 4.79. The number of nitrogens with zero attached hydrogens (tertiary/aromatic N) is 1. The second-order valence-corrected chi connectivity index (χ2v) is 4.65. The van der Waals surface area contributed by atoms with Crippen LogP contribution in [0.5, 0.6) is 0 Å². The monoisotopic (exact) mass is 253 g/mol. The fourth-order valence-corrected chi connectivity index (χ4v) is 2.68. The fraction of sp³-hybridized carbons (Fsp3) is 0. The Balaban J connectivity index is 2.37. The molecule has 86 valence electrons. The summed E-state index contributed by atoms with van der Waals surface area (Å²) in [6.45, 7) is 0.